The van der Waals surface area contributed by atoms with Crippen molar-refractivity contribution in [2.45, 2.75) is 52.0 Å². The van der Waals surface area contributed by atoms with Crippen molar-refractivity contribution in [2.24, 2.45) is 0 Å². The zero-order chi connectivity index (χ0) is 22.6. The van der Waals surface area contributed by atoms with Gasteiger partial charge in [0, 0.05) is 42.9 Å². The van der Waals surface area contributed by atoms with Crippen LogP contribution in [0.5, 0.6) is 0 Å². The molecular weight excluding hydrogens is 414 g/mol. The molecule has 4 aromatic rings. The van der Waals surface area contributed by atoms with E-state index in [1.165, 1.54) is 0 Å². The van der Waals surface area contributed by atoms with Crippen LogP contribution in [0.1, 0.15) is 50.3 Å². The minimum absolute atomic E-state index is 0.259. The zero-order valence-corrected chi connectivity index (χ0v) is 18.0. The summed E-state index contributed by atoms with van der Waals surface area (Å²) in [6.45, 7) is 4.26. The lowest BCUT2D eigenvalue weighted by atomic mass is 9.99. The van der Waals surface area contributed by atoms with Gasteiger partial charge >= 0.3 is 5.92 Å². The molecule has 4 rings (SSSR count). The van der Waals surface area contributed by atoms with Gasteiger partial charge in [0.2, 0.25) is 5.82 Å². The Morgan fingerprint density at radius 2 is 1.84 bits per heavy atom. The molecule has 0 amide bonds. The second-order valence-electron chi connectivity index (χ2n) is 7.57. The predicted molar refractivity (Wildman–Crippen MR) is 115 cm³/mol. The Hall–Kier alpha value is -3.56. The molecule has 3 heterocycles. The summed E-state index contributed by atoms with van der Waals surface area (Å²) in [5, 5.41) is 18.1. The monoisotopic (exact) mass is 438 g/mol. The molecule has 0 fully saturated rings. The smallest absolute Gasteiger partial charge is 0.264 e. The second kappa shape index (κ2) is 9.29. The summed E-state index contributed by atoms with van der Waals surface area (Å²) in [6, 6.07) is 9.69. The van der Waals surface area contributed by atoms with Gasteiger partial charge < -0.3 is 0 Å². The van der Waals surface area contributed by atoms with Gasteiger partial charge in [-0.3, -0.25) is 4.98 Å². The van der Waals surface area contributed by atoms with Gasteiger partial charge in [-0.2, -0.15) is 8.78 Å². The first kappa shape index (κ1) is 21.7. The van der Waals surface area contributed by atoms with Crippen LogP contribution in [0.25, 0.3) is 22.5 Å². The number of aryl methyl sites for hydroxylation is 1. The van der Waals surface area contributed by atoms with Crippen LogP contribution in [0, 0.1) is 0 Å². The first-order valence-electron chi connectivity index (χ1n) is 10.6. The fourth-order valence-electron chi connectivity index (χ4n) is 3.57. The van der Waals surface area contributed by atoms with Crippen LogP contribution in [0.4, 0.5) is 8.78 Å². The number of rotatable bonds is 9. The number of nitrogens with one attached hydrogen (secondary N) is 1. The van der Waals surface area contributed by atoms with E-state index in [1.54, 1.807) is 24.0 Å². The number of aromatic nitrogens is 8. The van der Waals surface area contributed by atoms with E-state index < -0.39 is 5.92 Å². The summed E-state index contributed by atoms with van der Waals surface area (Å²) in [5.41, 5.74) is 3.62. The van der Waals surface area contributed by atoms with Crippen molar-refractivity contribution >= 4 is 0 Å². The van der Waals surface area contributed by atoms with E-state index in [0.29, 0.717) is 31.0 Å². The topological polar surface area (TPSA) is 98.1 Å². The number of hydrogen-bond donors (Lipinski definition) is 1. The van der Waals surface area contributed by atoms with Crippen molar-refractivity contribution in [3.63, 3.8) is 0 Å². The Kier molecular flexibility index (Phi) is 6.29. The summed E-state index contributed by atoms with van der Waals surface area (Å²) in [5.74, 6) is -2.31. The number of halogens is 2. The van der Waals surface area contributed by atoms with E-state index in [1.807, 2.05) is 37.3 Å². The van der Waals surface area contributed by atoms with Gasteiger partial charge in [0.25, 0.3) is 0 Å². The Balaban J connectivity index is 1.60. The summed E-state index contributed by atoms with van der Waals surface area (Å²) in [7, 11) is 0. The number of tetrazole rings is 1. The molecule has 0 unspecified atom stereocenters. The van der Waals surface area contributed by atoms with Crippen molar-refractivity contribution in [2.75, 3.05) is 0 Å². The maximum absolute atomic E-state index is 14.4. The van der Waals surface area contributed by atoms with Crippen molar-refractivity contribution in [3.8, 4) is 22.5 Å². The standard InChI is InChI=1S/C22H24F2N8/c1-3-10-22(23,24)21-26-19(32(29-21)12-4-2)13-15-5-7-16(8-6-15)18-14-25-11-9-17(18)20-27-30-31-28-20/h5-9,11,14H,3-4,10,12-13H2,1-2H3,(H,27,28,30,31). The van der Waals surface area contributed by atoms with Crippen LogP contribution in [-0.2, 0) is 18.9 Å². The third kappa shape index (κ3) is 4.53. The molecule has 3 aromatic heterocycles. The van der Waals surface area contributed by atoms with E-state index in [9.17, 15) is 8.78 Å². The third-order valence-electron chi connectivity index (χ3n) is 5.12. The van der Waals surface area contributed by atoms with Crippen molar-refractivity contribution < 1.29 is 8.78 Å². The molecule has 10 heteroatoms. The lowest BCUT2D eigenvalue weighted by molar-refractivity contribution is -0.0232. The number of nitrogens with zero attached hydrogens (tertiary/aromatic N) is 7. The second-order valence-corrected chi connectivity index (χ2v) is 7.57. The van der Waals surface area contributed by atoms with E-state index in [0.717, 1.165) is 28.7 Å². The zero-order valence-electron chi connectivity index (χ0n) is 18.0. The molecule has 32 heavy (non-hydrogen) atoms. The number of pyridine rings is 1. The van der Waals surface area contributed by atoms with E-state index in [4.69, 9.17) is 0 Å². The number of aromatic amines is 1. The predicted octanol–water partition coefficient (Wildman–Crippen LogP) is 4.41. The highest BCUT2D eigenvalue weighted by molar-refractivity contribution is 5.79. The summed E-state index contributed by atoms with van der Waals surface area (Å²) in [4.78, 5) is 8.43. The molecule has 0 bridgehead atoms. The van der Waals surface area contributed by atoms with Crippen LogP contribution in [0.3, 0.4) is 0 Å². The maximum Gasteiger partial charge on any atom is 0.308 e. The van der Waals surface area contributed by atoms with Gasteiger partial charge in [0.15, 0.2) is 5.82 Å². The molecule has 0 aliphatic rings. The maximum atomic E-state index is 14.4. The van der Waals surface area contributed by atoms with Crippen LogP contribution >= 0.6 is 0 Å². The Bertz CT molecular complexity index is 1150. The minimum atomic E-state index is -3.02. The lowest BCUT2D eigenvalue weighted by Crippen LogP contribution is -2.15. The van der Waals surface area contributed by atoms with Crippen LogP contribution in [0.15, 0.2) is 42.7 Å². The molecule has 0 aliphatic heterocycles. The lowest BCUT2D eigenvalue weighted by Gasteiger charge is -2.10. The largest absolute Gasteiger partial charge is 0.308 e. The Morgan fingerprint density at radius 3 is 2.53 bits per heavy atom. The average Bonchev–Trinajstić information content (AvgIpc) is 3.46. The molecule has 1 N–H and O–H groups in total. The minimum Gasteiger partial charge on any atom is -0.264 e. The quantitative estimate of drug-likeness (QED) is 0.416. The molecule has 0 spiro atoms. The van der Waals surface area contributed by atoms with Gasteiger partial charge in [-0.25, -0.2) is 14.8 Å². The van der Waals surface area contributed by atoms with E-state index in [-0.39, 0.29) is 12.2 Å². The van der Waals surface area contributed by atoms with Crippen molar-refractivity contribution in [3.05, 3.63) is 59.9 Å². The first-order valence-corrected chi connectivity index (χ1v) is 10.6. The number of H-pyrrole nitrogens is 1. The molecule has 0 radical (unpaired) electrons. The SMILES string of the molecule is CCCn1nc(C(F)(F)CCC)nc1Cc1ccc(-c2cnccc2-c2nnn[nH]2)cc1. The fraction of sp³-hybridized carbons (Fsp3) is 0.364. The third-order valence-corrected chi connectivity index (χ3v) is 5.12. The first-order chi connectivity index (χ1) is 15.5. The molecule has 0 aliphatic carbocycles. The highest BCUT2D eigenvalue weighted by Gasteiger charge is 2.36. The summed E-state index contributed by atoms with van der Waals surface area (Å²) < 4.78 is 30.3. The van der Waals surface area contributed by atoms with E-state index in [2.05, 4.69) is 35.7 Å². The van der Waals surface area contributed by atoms with Crippen LogP contribution in [-0.4, -0.2) is 40.4 Å². The molecule has 0 saturated carbocycles. The Morgan fingerprint density at radius 1 is 1.03 bits per heavy atom. The van der Waals surface area contributed by atoms with Gasteiger partial charge in [0.1, 0.15) is 5.82 Å². The Labute approximate surface area is 184 Å². The number of alkyl halides is 2. The summed E-state index contributed by atoms with van der Waals surface area (Å²) in [6.07, 6.45) is 4.75. The van der Waals surface area contributed by atoms with Crippen molar-refractivity contribution in [1.29, 1.82) is 0 Å². The highest BCUT2D eigenvalue weighted by atomic mass is 19.3. The highest BCUT2D eigenvalue weighted by Crippen LogP contribution is 2.31. The van der Waals surface area contributed by atoms with Crippen molar-refractivity contribution in [1.82, 2.24) is 40.4 Å². The molecule has 8 nitrogen and oxygen atoms in total. The fourth-order valence-corrected chi connectivity index (χ4v) is 3.57. The number of hydrogen-bond acceptors (Lipinski definition) is 6. The van der Waals surface area contributed by atoms with Gasteiger partial charge in [-0.1, -0.05) is 38.1 Å². The average molecular weight is 438 g/mol. The molecule has 1 aromatic carbocycles. The molecule has 166 valence electrons. The van der Waals surface area contributed by atoms with Gasteiger partial charge in [-0.05, 0) is 40.5 Å². The van der Waals surface area contributed by atoms with Crippen LogP contribution < -0.4 is 0 Å². The molecule has 0 saturated heterocycles. The van der Waals surface area contributed by atoms with Gasteiger partial charge in [-0.15, -0.1) is 10.2 Å². The van der Waals surface area contributed by atoms with E-state index >= 15 is 0 Å². The summed E-state index contributed by atoms with van der Waals surface area (Å²) >= 11 is 0. The molecular formula is C22H24F2N8. The normalized spacial score (nSPS) is 11.8. The van der Waals surface area contributed by atoms with Gasteiger partial charge in [0.05, 0.1) is 0 Å². The molecule has 0 atom stereocenters. The number of benzene rings is 1. The van der Waals surface area contributed by atoms with Crippen LogP contribution in [0.2, 0.25) is 0 Å².